The summed E-state index contributed by atoms with van der Waals surface area (Å²) >= 11 is 0. The van der Waals surface area contributed by atoms with Crippen LogP contribution in [0.4, 0.5) is 0 Å². The first-order valence-electron chi connectivity index (χ1n) is 7.47. The van der Waals surface area contributed by atoms with Gasteiger partial charge >= 0.3 is 0 Å². The average Bonchev–Trinajstić information content (AvgIpc) is 2.41. The van der Waals surface area contributed by atoms with E-state index in [4.69, 9.17) is 15.3 Å². The summed E-state index contributed by atoms with van der Waals surface area (Å²) < 4.78 is 11.7. The van der Waals surface area contributed by atoms with E-state index in [-0.39, 0.29) is 11.6 Å². The Balaban J connectivity index is 1.91. The Bertz CT molecular complexity index is 236. The average molecular weight is 256 g/mol. The minimum absolute atomic E-state index is 0.155. The molecule has 18 heavy (non-hydrogen) atoms. The molecule has 4 nitrogen and oxygen atoms in total. The third kappa shape index (κ3) is 3.44. The number of hydrogen-bond acceptors (Lipinski definition) is 4. The number of hydrogen-bond donors (Lipinski definition) is 2. The van der Waals surface area contributed by atoms with Gasteiger partial charge in [-0.1, -0.05) is 19.3 Å². The molecule has 1 aliphatic carbocycles. The Hall–Kier alpha value is -0.160. The van der Waals surface area contributed by atoms with E-state index in [1.165, 1.54) is 32.1 Å². The summed E-state index contributed by atoms with van der Waals surface area (Å²) in [5.41, 5.74) is 3.10. The topological polar surface area (TPSA) is 56.5 Å². The fourth-order valence-corrected chi connectivity index (χ4v) is 3.52. The monoisotopic (exact) mass is 256 g/mol. The molecule has 1 spiro atoms. The Morgan fingerprint density at radius 3 is 2.83 bits per heavy atom. The molecule has 1 aliphatic heterocycles. The number of hydrazine groups is 1. The Morgan fingerprint density at radius 2 is 2.17 bits per heavy atom. The van der Waals surface area contributed by atoms with Gasteiger partial charge in [0.2, 0.25) is 0 Å². The van der Waals surface area contributed by atoms with Gasteiger partial charge in [-0.25, -0.2) is 0 Å². The second kappa shape index (κ2) is 6.85. The van der Waals surface area contributed by atoms with Crippen molar-refractivity contribution in [1.82, 2.24) is 5.43 Å². The summed E-state index contributed by atoms with van der Waals surface area (Å²) in [6, 6.07) is 0.271. The molecule has 2 unspecified atom stereocenters. The lowest BCUT2D eigenvalue weighted by Gasteiger charge is -2.45. The predicted octanol–water partition coefficient (Wildman–Crippen LogP) is 1.98. The van der Waals surface area contributed by atoms with Gasteiger partial charge in [-0.2, -0.15) is 0 Å². The summed E-state index contributed by atoms with van der Waals surface area (Å²) in [6.07, 6.45) is 8.72. The van der Waals surface area contributed by atoms with Crippen molar-refractivity contribution in [2.75, 3.05) is 19.8 Å². The Kier molecular flexibility index (Phi) is 5.42. The smallest absolute Gasteiger partial charge is 0.0685 e. The highest BCUT2D eigenvalue weighted by Crippen LogP contribution is 2.41. The third-order valence-electron chi connectivity index (χ3n) is 4.58. The van der Waals surface area contributed by atoms with Crippen molar-refractivity contribution < 1.29 is 9.47 Å². The van der Waals surface area contributed by atoms with Crippen molar-refractivity contribution in [1.29, 1.82) is 0 Å². The molecule has 2 aliphatic rings. The number of nitrogens with two attached hydrogens (primary N) is 1. The van der Waals surface area contributed by atoms with Crippen LogP contribution in [0.15, 0.2) is 0 Å². The minimum atomic E-state index is 0.155. The SMILES string of the molecule is CCOCC(NN)C1CCOC2(CCCCC2)C1. The van der Waals surface area contributed by atoms with Crippen LogP contribution in [0.3, 0.4) is 0 Å². The lowest BCUT2D eigenvalue weighted by atomic mass is 9.74. The molecule has 1 saturated carbocycles. The van der Waals surface area contributed by atoms with Gasteiger partial charge < -0.3 is 9.47 Å². The minimum Gasteiger partial charge on any atom is -0.380 e. The normalized spacial score (nSPS) is 29.3. The predicted molar refractivity (Wildman–Crippen MR) is 72.1 cm³/mol. The van der Waals surface area contributed by atoms with Crippen LogP contribution in [0.25, 0.3) is 0 Å². The van der Waals surface area contributed by atoms with Gasteiger partial charge in [0.25, 0.3) is 0 Å². The zero-order valence-electron chi connectivity index (χ0n) is 11.6. The molecule has 1 heterocycles. The molecule has 0 aromatic heterocycles. The summed E-state index contributed by atoms with van der Waals surface area (Å²) in [4.78, 5) is 0. The van der Waals surface area contributed by atoms with Gasteiger partial charge in [0.05, 0.1) is 12.2 Å². The maximum absolute atomic E-state index is 6.13. The molecule has 0 amide bonds. The number of rotatable bonds is 5. The van der Waals surface area contributed by atoms with Crippen molar-refractivity contribution >= 4 is 0 Å². The zero-order valence-corrected chi connectivity index (χ0v) is 11.6. The Morgan fingerprint density at radius 1 is 1.39 bits per heavy atom. The third-order valence-corrected chi connectivity index (χ3v) is 4.58. The van der Waals surface area contributed by atoms with E-state index in [0.29, 0.717) is 12.5 Å². The molecule has 2 atom stereocenters. The lowest BCUT2D eigenvalue weighted by Crippen LogP contribution is -2.51. The second-order valence-corrected chi connectivity index (χ2v) is 5.78. The van der Waals surface area contributed by atoms with Gasteiger partial charge in [0.15, 0.2) is 0 Å². The fraction of sp³-hybridized carbons (Fsp3) is 1.00. The van der Waals surface area contributed by atoms with Crippen LogP contribution in [-0.2, 0) is 9.47 Å². The van der Waals surface area contributed by atoms with Gasteiger partial charge in [-0.15, -0.1) is 0 Å². The highest BCUT2D eigenvalue weighted by Gasteiger charge is 2.40. The van der Waals surface area contributed by atoms with E-state index < -0.39 is 0 Å². The van der Waals surface area contributed by atoms with Crippen molar-refractivity contribution in [2.24, 2.45) is 11.8 Å². The summed E-state index contributed by atoms with van der Waals surface area (Å²) in [6.45, 7) is 4.38. The summed E-state index contributed by atoms with van der Waals surface area (Å²) in [5, 5.41) is 0. The molecule has 2 fully saturated rings. The number of nitrogens with one attached hydrogen (secondary N) is 1. The number of ether oxygens (including phenoxy) is 2. The fourth-order valence-electron chi connectivity index (χ4n) is 3.52. The second-order valence-electron chi connectivity index (χ2n) is 5.78. The van der Waals surface area contributed by atoms with Crippen molar-refractivity contribution in [3.05, 3.63) is 0 Å². The standard InChI is InChI=1S/C14H28N2O2/c1-2-17-11-13(16-15)12-6-9-18-14(10-12)7-4-3-5-8-14/h12-13,16H,2-11,15H2,1H3. The van der Waals surface area contributed by atoms with Crippen LogP contribution in [-0.4, -0.2) is 31.5 Å². The molecule has 2 rings (SSSR count). The van der Waals surface area contributed by atoms with Gasteiger partial charge in [-0.05, 0) is 38.5 Å². The van der Waals surface area contributed by atoms with E-state index in [0.717, 1.165) is 26.1 Å². The molecule has 0 radical (unpaired) electrons. The molecule has 4 heteroatoms. The molecule has 0 aromatic rings. The van der Waals surface area contributed by atoms with Crippen molar-refractivity contribution in [3.8, 4) is 0 Å². The maximum Gasteiger partial charge on any atom is 0.0685 e. The highest BCUT2D eigenvalue weighted by molar-refractivity contribution is 4.92. The van der Waals surface area contributed by atoms with Gasteiger partial charge in [0.1, 0.15) is 0 Å². The molecule has 1 saturated heterocycles. The van der Waals surface area contributed by atoms with Crippen LogP contribution in [0, 0.1) is 5.92 Å². The first kappa shape index (κ1) is 14.3. The summed E-state index contributed by atoms with van der Waals surface area (Å²) in [7, 11) is 0. The zero-order chi connectivity index (χ0) is 12.8. The van der Waals surface area contributed by atoms with Crippen LogP contribution >= 0.6 is 0 Å². The summed E-state index contributed by atoms with van der Waals surface area (Å²) in [5.74, 6) is 6.28. The quantitative estimate of drug-likeness (QED) is 0.583. The highest BCUT2D eigenvalue weighted by atomic mass is 16.5. The maximum atomic E-state index is 6.13. The first-order valence-corrected chi connectivity index (χ1v) is 7.47. The molecule has 106 valence electrons. The van der Waals surface area contributed by atoms with E-state index >= 15 is 0 Å². The van der Waals surface area contributed by atoms with Crippen molar-refractivity contribution in [3.63, 3.8) is 0 Å². The van der Waals surface area contributed by atoms with Gasteiger partial charge in [0, 0.05) is 19.3 Å². The molecule has 3 N–H and O–H groups in total. The van der Waals surface area contributed by atoms with Crippen LogP contribution in [0.2, 0.25) is 0 Å². The van der Waals surface area contributed by atoms with E-state index in [2.05, 4.69) is 5.43 Å². The first-order chi connectivity index (χ1) is 8.79. The van der Waals surface area contributed by atoms with E-state index in [1.807, 2.05) is 6.92 Å². The van der Waals surface area contributed by atoms with Gasteiger partial charge in [-0.3, -0.25) is 11.3 Å². The van der Waals surface area contributed by atoms with Crippen LogP contribution < -0.4 is 11.3 Å². The van der Waals surface area contributed by atoms with Crippen LogP contribution in [0.1, 0.15) is 51.9 Å². The van der Waals surface area contributed by atoms with E-state index in [1.54, 1.807) is 0 Å². The molecule has 0 bridgehead atoms. The van der Waals surface area contributed by atoms with E-state index in [9.17, 15) is 0 Å². The van der Waals surface area contributed by atoms with Crippen LogP contribution in [0.5, 0.6) is 0 Å². The molecular formula is C14H28N2O2. The molecular weight excluding hydrogens is 228 g/mol. The largest absolute Gasteiger partial charge is 0.380 e. The molecule has 0 aromatic carbocycles. The Labute approximate surface area is 111 Å². The van der Waals surface area contributed by atoms with Crippen molar-refractivity contribution in [2.45, 2.75) is 63.5 Å². The lowest BCUT2D eigenvalue weighted by molar-refractivity contribution is -0.124.